The first-order valence-electron chi connectivity index (χ1n) is 8.85. The Morgan fingerprint density at radius 1 is 1.15 bits per heavy atom. The zero-order chi connectivity index (χ0) is 18.7. The van der Waals surface area contributed by atoms with Gasteiger partial charge in [0.15, 0.2) is 0 Å². The van der Waals surface area contributed by atoms with Crippen molar-refractivity contribution in [1.29, 1.82) is 0 Å². The van der Waals surface area contributed by atoms with Crippen molar-refractivity contribution >= 4 is 21.5 Å². The van der Waals surface area contributed by atoms with Crippen molar-refractivity contribution in [2.45, 2.75) is 50.0 Å². The monoisotopic (exact) mass is 377 g/mol. The van der Waals surface area contributed by atoms with Crippen LogP contribution < -0.4 is 9.62 Å². The normalized spacial score (nSPS) is 15.7. The highest BCUT2D eigenvalue weighted by molar-refractivity contribution is 7.92. The number of pyridine rings is 1. The average Bonchev–Trinajstić information content (AvgIpc) is 2.64. The molecule has 0 unspecified atom stereocenters. The first kappa shape index (κ1) is 18.6. The molecule has 0 atom stereocenters. The molecular weight excluding hydrogens is 353 g/mol. The standard InChI is InChI=1S/C19H24FN3O2S/c1-14-8-10-17(20)18(12-14)26(24,25)22-15-9-11-19(21-13-15)23(2)16-6-4-3-5-7-16/h8-13,16,22H,3-7H2,1-2H3. The van der Waals surface area contributed by atoms with E-state index in [2.05, 4.69) is 14.6 Å². The number of benzene rings is 1. The average molecular weight is 377 g/mol. The lowest BCUT2D eigenvalue weighted by molar-refractivity contribution is 0.426. The summed E-state index contributed by atoms with van der Waals surface area (Å²) in [4.78, 5) is 6.17. The Kier molecular flexibility index (Phi) is 5.46. The van der Waals surface area contributed by atoms with Gasteiger partial charge in [-0.3, -0.25) is 4.72 Å². The van der Waals surface area contributed by atoms with E-state index >= 15 is 0 Å². The van der Waals surface area contributed by atoms with Crippen LogP contribution in [0, 0.1) is 12.7 Å². The molecule has 1 aliphatic carbocycles. The number of sulfonamides is 1. The van der Waals surface area contributed by atoms with Gasteiger partial charge in [0.2, 0.25) is 0 Å². The summed E-state index contributed by atoms with van der Waals surface area (Å²) in [5.74, 6) is 0.0336. The molecule has 5 nitrogen and oxygen atoms in total. The van der Waals surface area contributed by atoms with Gasteiger partial charge in [-0.05, 0) is 49.6 Å². The maximum Gasteiger partial charge on any atom is 0.264 e. The Bertz CT molecular complexity index is 863. The fourth-order valence-electron chi connectivity index (χ4n) is 3.34. The lowest BCUT2D eigenvalue weighted by atomic mass is 9.94. The van der Waals surface area contributed by atoms with Crippen LogP contribution in [0.15, 0.2) is 41.4 Å². The van der Waals surface area contributed by atoms with E-state index in [1.165, 1.54) is 37.6 Å². The van der Waals surface area contributed by atoms with E-state index in [-0.39, 0.29) is 4.90 Å². The maximum atomic E-state index is 13.9. The van der Waals surface area contributed by atoms with Crippen LogP contribution >= 0.6 is 0 Å². The van der Waals surface area contributed by atoms with Gasteiger partial charge < -0.3 is 4.90 Å². The van der Waals surface area contributed by atoms with E-state index in [1.54, 1.807) is 19.1 Å². The third kappa shape index (κ3) is 4.15. The van der Waals surface area contributed by atoms with Gasteiger partial charge >= 0.3 is 0 Å². The van der Waals surface area contributed by atoms with Crippen molar-refractivity contribution in [3.8, 4) is 0 Å². The second-order valence-corrected chi connectivity index (χ2v) is 8.50. The molecule has 0 bridgehead atoms. The molecule has 1 fully saturated rings. The summed E-state index contributed by atoms with van der Waals surface area (Å²) in [5.41, 5.74) is 0.987. The van der Waals surface area contributed by atoms with E-state index in [4.69, 9.17) is 0 Å². The van der Waals surface area contributed by atoms with Gasteiger partial charge in [0, 0.05) is 13.1 Å². The van der Waals surface area contributed by atoms with Crippen molar-refractivity contribution in [3.05, 3.63) is 47.9 Å². The van der Waals surface area contributed by atoms with Crippen molar-refractivity contribution in [2.24, 2.45) is 0 Å². The molecular formula is C19H24FN3O2S. The third-order valence-electron chi connectivity index (χ3n) is 4.86. The quantitative estimate of drug-likeness (QED) is 0.852. The summed E-state index contributed by atoms with van der Waals surface area (Å²) >= 11 is 0. The molecule has 7 heteroatoms. The number of nitrogens with one attached hydrogen (secondary N) is 1. The zero-order valence-electron chi connectivity index (χ0n) is 15.1. The molecule has 1 N–H and O–H groups in total. The van der Waals surface area contributed by atoms with Crippen LogP contribution in [0.5, 0.6) is 0 Å². The summed E-state index contributed by atoms with van der Waals surface area (Å²) in [6.45, 7) is 1.72. The Balaban J connectivity index is 1.75. The smallest absolute Gasteiger partial charge is 0.264 e. The number of rotatable bonds is 5. The molecule has 26 heavy (non-hydrogen) atoms. The molecule has 1 aromatic carbocycles. The fourth-order valence-corrected chi connectivity index (χ4v) is 4.54. The summed E-state index contributed by atoms with van der Waals surface area (Å²) in [5, 5.41) is 0. The highest BCUT2D eigenvalue weighted by Gasteiger charge is 2.21. The molecule has 1 aliphatic rings. The lowest BCUT2D eigenvalue weighted by Gasteiger charge is -2.32. The number of anilines is 2. The van der Waals surface area contributed by atoms with Gasteiger partial charge in [0.05, 0.1) is 11.9 Å². The molecule has 1 saturated carbocycles. The van der Waals surface area contributed by atoms with Gasteiger partial charge in [-0.15, -0.1) is 0 Å². The predicted molar refractivity (Wildman–Crippen MR) is 101 cm³/mol. The highest BCUT2D eigenvalue weighted by atomic mass is 32.2. The summed E-state index contributed by atoms with van der Waals surface area (Å²) < 4.78 is 41.2. The number of hydrogen-bond donors (Lipinski definition) is 1. The SMILES string of the molecule is Cc1ccc(F)c(S(=O)(=O)Nc2ccc(N(C)C3CCCCC3)nc2)c1. The zero-order valence-corrected chi connectivity index (χ0v) is 15.9. The topological polar surface area (TPSA) is 62.3 Å². The first-order chi connectivity index (χ1) is 12.4. The molecule has 140 valence electrons. The van der Waals surface area contributed by atoms with Gasteiger partial charge in [-0.1, -0.05) is 25.3 Å². The maximum absolute atomic E-state index is 13.9. The molecule has 0 saturated heterocycles. The summed E-state index contributed by atoms with van der Waals surface area (Å²) in [6.07, 6.45) is 7.52. The highest BCUT2D eigenvalue weighted by Crippen LogP contribution is 2.26. The largest absolute Gasteiger partial charge is 0.357 e. The number of hydrogen-bond acceptors (Lipinski definition) is 4. The Morgan fingerprint density at radius 3 is 2.54 bits per heavy atom. The van der Waals surface area contributed by atoms with Gasteiger partial charge in [-0.2, -0.15) is 0 Å². The van der Waals surface area contributed by atoms with E-state index < -0.39 is 15.8 Å². The minimum absolute atomic E-state index is 0.312. The van der Waals surface area contributed by atoms with Gasteiger partial charge in [0.1, 0.15) is 16.5 Å². The summed E-state index contributed by atoms with van der Waals surface area (Å²) in [6, 6.07) is 7.93. The van der Waals surface area contributed by atoms with Gasteiger partial charge in [0.25, 0.3) is 10.0 Å². The minimum Gasteiger partial charge on any atom is -0.357 e. The molecule has 1 aromatic heterocycles. The van der Waals surface area contributed by atoms with E-state index in [1.807, 2.05) is 7.05 Å². The molecule has 2 aromatic rings. The number of nitrogens with zero attached hydrogens (tertiary/aromatic N) is 2. The summed E-state index contributed by atoms with van der Waals surface area (Å²) in [7, 11) is -1.98. The van der Waals surface area contributed by atoms with Crippen molar-refractivity contribution < 1.29 is 12.8 Å². The lowest BCUT2D eigenvalue weighted by Crippen LogP contribution is -2.33. The van der Waals surface area contributed by atoms with Crippen molar-refractivity contribution in [2.75, 3.05) is 16.7 Å². The van der Waals surface area contributed by atoms with Crippen LogP contribution in [0.25, 0.3) is 0 Å². The minimum atomic E-state index is -4.00. The number of halogens is 1. The van der Waals surface area contributed by atoms with Crippen LogP contribution in [0.3, 0.4) is 0 Å². The number of aryl methyl sites for hydroxylation is 1. The van der Waals surface area contributed by atoms with Crippen LogP contribution in [0.4, 0.5) is 15.9 Å². The molecule has 3 rings (SSSR count). The van der Waals surface area contributed by atoms with E-state index in [0.717, 1.165) is 24.7 Å². The third-order valence-corrected chi connectivity index (χ3v) is 6.26. The Labute approximate surface area is 154 Å². The number of aromatic nitrogens is 1. The van der Waals surface area contributed by atoms with Crippen LogP contribution in [-0.2, 0) is 10.0 Å². The van der Waals surface area contributed by atoms with Crippen molar-refractivity contribution in [1.82, 2.24) is 4.98 Å². The molecule has 0 aliphatic heterocycles. The Hall–Kier alpha value is -2.15. The van der Waals surface area contributed by atoms with Crippen LogP contribution in [0.2, 0.25) is 0 Å². The Morgan fingerprint density at radius 2 is 1.88 bits per heavy atom. The first-order valence-corrected chi connectivity index (χ1v) is 10.3. The second-order valence-electron chi connectivity index (χ2n) is 6.85. The van der Waals surface area contributed by atoms with E-state index in [9.17, 15) is 12.8 Å². The fraction of sp³-hybridized carbons (Fsp3) is 0.421. The van der Waals surface area contributed by atoms with Crippen LogP contribution in [0.1, 0.15) is 37.7 Å². The molecule has 0 amide bonds. The van der Waals surface area contributed by atoms with Gasteiger partial charge in [-0.25, -0.2) is 17.8 Å². The molecule has 0 radical (unpaired) electrons. The van der Waals surface area contributed by atoms with Crippen LogP contribution in [-0.4, -0.2) is 26.5 Å². The molecule has 0 spiro atoms. The van der Waals surface area contributed by atoms with E-state index in [0.29, 0.717) is 17.3 Å². The second kappa shape index (κ2) is 7.61. The van der Waals surface area contributed by atoms with Crippen molar-refractivity contribution in [3.63, 3.8) is 0 Å². The molecule has 1 heterocycles. The predicted octanol–water partition coefficient (Wildman–Crippen LogP) is 4.10.